The summed E-state index contributed by atoms with van der Waals surface area (Å²) in [6.07, 6.45) is 0. The highest BCUT2D eigenvalue weighted by molar-refractivity contribution is 9.19. The summed E-state index contributed by atoms with van der Waals surface area (Å²) in [4.78, 5) is 9.13. The Labute approximate surface area is 37.1 Å². The Bertz CT molecular complexity index is 31.0. The first-order valence-electron chi connectivity index (χ1n) is 0.582. The second-order valence-electron chi connectivity index (χ2n) is 0.226. The third kappa shape index (κ3) is 26.1. The van der Waals surface area contributed by atoms with Crippen molar-refractivity contribution in [3.63, 3.8) is 0 Å². The smallest absolute Gasteiger partial charge is 0.268 e. The van der Waals surface area contributed by atoms with Gasteiger partial charge in [0.15, 0.2) is 0 Å². The fourth-order valence-electron chi connectivity index (χ4n) is 0. The molecule has 0 unspecified atom stereocenters. The highest BCUT2D eigenvalue weighted by Crippen LogP contribution is 1.88. The zero-order valence-corrected chi connectivity index (χ0v) is 4.01. The first-order chi connectivity index (χ1) is 1.73. The molecule has 0 aromatic heterocycles. The van der Waals surface area contributed by atoms with Gasteiger partial charge in [-0.05, 0) is 11.6 Å². The maximum atomic E-state index is 9.13. The van der Waals surface area contributed by atoms with Crippen molar-refractivity contribution in [3.8, 4) is 0 Å². The number of carbonyl (C=O) groups is 1. The Morgan fingerprint density at radius 2 is 2.00 bits per heavy atom. The zero-order chi connectivity index (χ0) is 3.58. The molecule has 0 aromatic carbocycles. The van der Waals surface area contributed by atoms with Gasteiger partial charge in [0, 0.05) is 15.9 Å². The highest BCUT2D eigenvalue weighted by atomic mass is 79.9. The van der Waals surface area contributed by atoms with Crippen molar-refractivity contribution < 1.29 is 4.79 Å². The molecule has 0 aliphatic rings. The van der Waals surface area contributed by atoms with Crippen LogP contribution in [0.2, 0.25) is 0 Å². The lowest BCUT2D eigenvalue weighted by molar-refractivity contribution is 0.276. The third-order valence-electron chi connectivity index (χ3n) is 0. The summed E-state index contributed by atoms with van der Waals surface area (Å²) >= 11 is 6.95. The van der Waals surface area contributed by atoms with Gasteiger partial charge in [-0.15, -0.1) is 0 Å². The minimum atomic E-state index is -0.549. The summed E-state index contributed by atoms with van der Waals surface area (Å²) in [5.74, 6) is 0. The van der Waals surface area contributed by atoms with Crippen LogP contribution in [-0.2, 0) is 0 Å². The van der Waals surface area contributed by atoms with E-state index in [-0.39, 0.29) is 0 Å². The molecule has 0 aliphatic heterocycles. The van der Waals surface area contributed by atoms with Crippen LogP contribution < -0.4 is 0 Å². The molecule has 0 saturated heterocycles. The molecular formula is CBrClO. The highest BCUT2D eigenvalue weighted by Gasteiger charge is 1.71. The van der Waals surface area contributed by atoms with Crippen LogP contribution in [0.5, 0.6) is 0 Å². The minimum Gasteiger partial charge on any atom is -0.268 e. The first kappa shape index (κ1) is 4.44. The quantitative estimate of drug-likeness (QED) is 0.472. The summed E-state index contributed by atoms with van der Waals surface area (Å²) in [7, 11) is 0. The van der Waals surface area contributed by atoms with Gasteiger partial charge in [0.2, 0.25) is 0 Å². The van der Waals surface area contributed by atoms with E-state index in [0.29, 0.717) is 0 Å². The van der Waals surface area contributed by atoms with Crippen LogP contribution in [0.3, 0.4) is 0 Å². The molecule has 0 fully saturated rings. The van der Waals surface area contributed by atoms with Gasteiger partial charge in [-0.3, -0.25) is 4.79 Å². The van der Waals surface area contributed by atoms with Crippen molar-refractivity contribution >= 4 is 31.7 Å². The average Bonchev–Trinajstić information content (AvgIpc) is 0.811. The second-order valence-corrected chi connectivity index (χ2v) is 1.75. The van der Waals surface area contributed by atoms with Crippen LogP contribution in [0.4, 0.5) is 4.79 Å². The number of rotatable bonds is 0. The summed E-state index contributed by atoms with van der Waals surface area (Å²) in [5.41, 5.74) is 0. The minimum absolute atomic E-state index is 0.549. The summed E-state index contributed by atoms with van der Waals surface area (Å²) in [6.45, 7) is 0. The van der Waals surface area contributed by atoms with E-state index < -0.39 is 4.15 Å². The van der Waals surface area contributed by atoms with Gasteiger partial charge in [-0.25, -0.2) is 0 Å². The second kappa shape index (κ2) is 1.73. The molecule has 0 bridgehead atoms. The van der Waals surface area contributed by atoms with Crippen molar-refractivity contribution in [3.05, 3.63) is 0 Å². The van der Waals surface area contributed by atoms with E-state index in [4.69, 9.17) is 4.79 Å². The van der Waals surface area contributed by atoms with Crippen molar-refractivity contribution in [2.24, 2.45) is 0 Å². The van der Waals surface area contributed by atoms with Crippen LogP contribution in [0.15, 0.2) is 0 Å². The molecule has 24 valence electrons. The number of halogens is 2. The van der Waals surface area contributed by atoms with E-state index in [2.05, 4.69) is 27.5 Å². The molecule has 0 aliphatic carbocycles. The van der Waals surface area contributed by atoms with Gasteiger partial charge >= 0.3 is 0 Å². The predicted molar refractivity (Wildman–Crippen MR) is 20.2 cm³/mol. The number of carbonyl (C=O) groups excluding carboxylic acids is 1. The molecule has 0 amide bonds. The topological polar surface area (TPSA) is 17.1 Å². The van der Waals surface area contributed by atoms with Crippen molar-refractivity contribution in [1.82, 2.24) is 0 Å². The monoisotopic (exact) mass is 142 g/mol. The van der Waals surface area contributed by atoms with E-state index in [1.165, 1.54) is 0 Å². The average molecular weight is 143 g/mol. The van der Waals surface area contributed by atoms with Gasteiger partial charge < -0.3 is 0 Å². The Kier molecular flexibility index (Phi) is 1.92. The van der Waals surface area contributed by atoms with Crippen LogP contribution in [-0.4, -0.2) is 4.15 Å². The maximum absolute atomic E-state index is 9.13. The fourth-order valence-corrected chi connectivity index (χ4v) is 0. The fraction of sp³-hybridized carbons (Fsp3) is 0. The molecule has 0 aromatic rings. The van der Waals surface area contributed by atoms with Gasteiger partial charge in [-0.2, -0.15) is 0 Å². The first-order valence-corrected chi connectivity index (χ1v) is 1.75. The van der Waals surface area contributed by atoms with Crippen molar-refractivity contribution in [2.45, 2.75) is 0 Å². The van der Waals surface area contributed by atoms with Crippen molar-refractivity contribution in [2.75, 3.05) is 0 Å². The standard InChI is InChI=1S/CBrClO/c2-1(3)4. The van der Waals surface area contributed by atoms with E-state index in [0.717, 1.165) is 0 Å². The molecular weight excluding hydrogens is 143 g/mol. The maximum Gasteiger partial charge on any atom is 0.287 e. The van der Waals surface area contributed by atoms with E-state index in [9.17, 15) is 0 Å². The molecule has 0 saturated carbocycles. The van der Waals surface area contributed by atoms with Gasteiger partial charge in [0.05, 0.1) is 0 Å². The predicted octanol–water partition coefficient (Wildman–Crippen LogP) is 1.74. The van der Waals surface area contributed by atoms with Crippen LogP contribution in [0.25, 0.3) is 0 Å². The Morgan fingerprint density at radius 1 is 2.00 bits per heavy atom. The van der Waals surface area contributed by atoms with Crippen LogP contribution >= 0.6 is 27.5 Å². The molecule has 0 atom stereocenters. The van der Waals surface area contributed by atoms with Crippen molar-refractivity contribution in [1.29, 1.82) is 0 Å². The Morgan fingerprint density at radius 3 is 2.00 bits per heavy atom. The lowest BCUT2D eigenvalue weighted by Gasteiger charge is -1.48. The summed E-state index contributed by atoms with van der Waals surface area (Å²) in [6, 6.07) is 0. The third-order valence-corrected chi connectivity index (χ3v) is 0. The molecule has 0 spiro atoms. The van der Waals surface area contributed by atoms with E-state index in [1.807, 2.05) is 0 Å². The molecule has 3 heteroatoms. The van der Waals surface area contributed by atoms with E-state index >= 15 is 0 Å². The Balaban J connectivity index is 2.80. The SMILES string of the molecule is O=C(Cl)Br. The summed E-state index contributed by atoms with van der Waals surface area (Å²) in [5, 5.41) is 0. The zero-order valence-electron chi connectivity index (χ0n) is 1.66. The number of hydrogen-bond donors (Lipinski definition) is 0. The molecule has 4 heavy (non-hydrogen) atoms. The lowest BCUT2D eigenvalue weighted by Crippen LogP contribution is -1.44. The van der Waals surface area contributed by atoms with Crippen LogP contribution in [0.1, 0.15) is 0 Å². The molecule has 0 heterocycles. The Hall–Kier alpha value is 0.440. The lowest BCUT2D eigenvalue weighted by atomic mass is 11.8. The molecule has 0 N–H and O–H groups in total. The van der Waals surface area contributed by atoms with E-state index in [1.54, 1.807) is 0 Å². The van der Waals surface area contributed by atoms with Gasteiger partial charge in [0.1, 0.15) is 0 Å². The number of hydrogen-bond acceptors (Lipinski definition) is 1. The summed E-state index contributed by atoms with van der Waals surface area (Å²) < 4.78 is -0.549. The largest absolute Gasteiger partial charge is 0.287 e. The van der Waals surface area contributed by atoms with Gasteiger partial charge in [-0.1, -0.05) is 0 Å². The van der Waals surface area contributed by atoms with Crippen LogP contribution in [0, 0.1) is 0 Å². The molecule has 0 rings (SSSR count). The molecule has 1 nitrogen and oxygen atoms in total. The molecule has 0 radical (unpaired) electrons. The normalized spacial score (nSPS) is 6.50. The van der Waals surface area contributed by atoms with Gasteiger partial charge in [0.25, 0.3) is 4.15 Å².